The normalized spacial score (nSPS) is 13.7. The van der Waals surface area contributed by atoms with E-state index in [4.69, 9.17) is 4.42 Å². The third kappa shape index (κ3) is 4.09. The second-order valence-electron chi connectivity index (χ2n) is 6.61. The highest BCUT2D eigenvalue weighted by atomic mass is 16.4. The van der Waals surface area contributed by atoms with E-state index in [1.165, 1.54) is 0 Å². The zero-order chi connectivity index (χ0) is 19.3. The molecule has 1 N–H and O–H groups in total. The van der Waals surface area contributed by atoms with E-state index in [1.54, 1.807) is 4.90 Å². The van der Waals surface area contributed by atoms with Crippen LogP contribution in [0.25, 0.3) is 11.5 Å². The molecule has 0 unspecified atom stereocenters. The summed E-state index contributed by atoms with van der Waals surface area (Å²) in [6.45, 7) is 0.719. The maximum absolute atomic E-state index is 12.3. The molecule has 1 fully saturated rings. The molecule has 2 aromatic carbocycles. The Hall–Kier alpha value is -3.48. The van der Waals surface area contributed by atoms with Crippen LogP contribution in [0.3, 0.4) is 0 Å². The highest BCUT2D eigenvalue weighted by Crippen LogP contribution is 2.24. The molecule has 2 heterocycles. The van der Waals surface area contributed by atoms with Crippen LogP contribution in [0.15, 0.2) is 59.0 Å². The molecule has 0 aliphatic carbocycles. The molecule has 7 nitrogen and oxygen atoms in total. The zero-order valence-corrected chi connectivity index (χ0v) is 15.3. The maximum Gasteiger partial charge on any atom is 0.247 e. The van der Waals surface area contributed by atoms with Gasteiger partial charge in [0.05, 0.1) is 0 Å². The molecule has 28 heavy (non-hydrogen) atoms. The highest BCUT2D eigenvalue weighted by Gasteiger charge is 2.21. The highest BCUT2D eigenvalue weighted by molar-refractivity contribution is 5.97. The van der Waals surface area contributed by atoms with Crippen molar-refractivity contribution in [3.05, 3.63) is 60.5 Å². The molecule has 0 radical (unpaired) electrons. The Morgan fingerprint density at radius 2 is 1.96 bits per heavy atom. The summed E-state index contributed by atoms with van der Waals surface area (Å²) < 4.78 is 5.62. The molecule has 0 saturated carbocycles. The van der Waals surface area contributed by atoms with E-state index in [0.29, 0.717) is 30.3 Å². The largest absolute Gasteiger partial charge is 0.421 e. The van der Waals surface area contributed by atoms with Crippen LogP contribution < -0.4 is 10.2 Å². The van der Waals surface area contributed by atoms with Crippen LogP contribution in [0.5, 0.6) is 0 Å². The molecule has 1 aliphatic rings. The average Bonchev–Trinajstić information content (AvgIpc) is 3.36. The number of hydrogen-bond acceptors (Lipinski definition) is 5. The molecule has 0 spiro atoms. The van der Waals surface area contributed by atoms with Gasteiger partial charge in [0.2, 0.25) is 23.6 Å². The molecular weight excluding hydrogens is 356 g/mol. The molecule has 1 aliphatic heterocycles. The minimum absolute atomic E-state index is 0.120. The smallest absolute Gasteiger partial charge is 0.247 e. The van der Waals surface area contributed by atoms with Gasteiger partial charge in [0, 0.05) is 42.7 Å². The summed E-state index contributed by atoms with van der Waals surface area (Å²) in [4.78, 5) is 25.9. The first kappa shape index (κ1) is 17.9. The number of benzene rings is 2. The van der Waals surface area contributed by atoms with Crippen molar-refractivity contribution >= 4 is 23.2 Å². The predicted octanol–water partition coefficient (Wildman–Crippen LogP) is 3.43. The Kier molecular flexibility index (Phi) is 5.14. The third-order valence-electron chi connectivity index (χ3n) is 4.57. The van der Waals surface area contributed by atoms with Gasteiger partial charge in [-0.15, -0.1) is 10.2 Å². The van der Waals surface area contributed by atoms with E-state index in [1.807, 2.05) is 54.6 Å². The van der Waals surface area contributed by atoms with Gasteiger partial charge in [-0.3, -0.25) is 9.59 Å². The monoisotopic (exact) mass is 376 g/mol. The Labute approximate surface area is 162 Å². The topological polar surface area (TPSA) is 88.3 Å². The molecule has 1 aromatic heterocycles. The number of nitrogens with one attached hydrogen (secondary N) is 1. The Morgan fingerprint density at radius 3 is 2.75 bits per heavy atom. The summed E-state index contributed by atoms with van der Waals surface area (Å²) in [6, 6.07) is 16.8. The summed E-state index contributed by atoms with van der Waals surface area (Å²) in [5, 5.41) is 10.9. The SMILES string of the molecule is O=C(CCc1nnc(-c2ccccc2)o1)Nc1cccc(N2CCCC2=O)c1. The number of carbonyl (C=O) groups is 2. The first-order chi connectivity index (χ1) is 13.7. The summed E-state index contributed by atoms with van der Waals surface area (Å²) in [5.41, 5.74) is 2.32. The Balaban J connectivity index is 1.34. The lowest BCUT2D eigenvalue weighted by Crippen LogP contribution is -2.23. The second kappa shape index (κ2) is 8.04. The van der Waals surface area contributed by atoms with E-state index in [9.17, 15) is 9.59 Å². The van der Waals surface area contributed by atoms with Gasteiger partial charge >= 0.3 is 0 Å². The lowest BCUT2D eigenvalue weighted by atomic mass is 10.2. The molecule has 3 aromatic rings. The van der Waals surface area contributed by atoms with Gasteiger partial charge in [0.1, 0.15) is 0 Å². The fourth-order valence-corrected chi connectivity index (χ4v) is 3.17. The van der Waals surface area contributed by atoms with Gasteiger partial charge in [-0.2, -0.15) is 0 Å². The molecular formula is C21H20N4O3. The van der Waals surface area contributed by atoms with Crippen LogP contribution >= 0.6 is 0 Å². The van der Waals surface area contributed by atoms with Crippen LogP contribution in [0.4, 0.5) is 11.4 Å². The van der Waals surface area contributed by atoms with E-state index in [0.717, 1.165) is 24.2 Å². The van der Waals surface area contributed by atoms with Crippen molar-refractivity contribution in [1.29, 1.82) is 0 Å². The van der Waals surface area contributed by atoms with Crippen LogP contribution in [-0.2, 0) is 16.0 Å². The quantitative estimate of drug-likeness (QED) is 0.712. The first-order valence-corrected chi connectivity index (χ1v) is 9.27. The van der Waals surface area contributed by atoms with Crippen molar-refractivity contribution in [3.8, 4) is 11.5 Å². The number of nitrogens with zero attached hydrogens (tertiary/aromatic N) is 3. The van der Waals surface area contributed by atoms with Crippen LogP contribution in [0.2, 0.25) is 0 Å². The van der Waals surface area contributed by atoms with E-state index < -0.39 is 0 Å². The zero-order valence-electron chi connectivity index (χ0n) is 15.3. The lowest BCUT2D eigenvalue weighted by Gasteiger charge is -2.16. The summed E-state index contributed by atoms with van der Waals surface area (Å²) in [5.74, 6) is 0.836. The number of amides is 2. The van der Waals surface area contributed by atoms with Crippen LogP contribution in [0, 0.1) is 0 Å². The summed E-state index contributed by atoms with van der Waals surface area (Å²) >= 11 is 0. The third-order valence-corrected chi connectivity index (χ3v) is 4.57. The van der Waals surface area contributed by atoms with Gasteiger partial charge in [-0.05, 0) is 36.8 Å². The minimum atomic E-state index is -0.149. The van der Waals surface area contributed by atoms with Crippen molar-refractivity contribution < 1.29 is 14.0 Å². The van der Waals surface area contributed by atoms with Crippen molar-refractivity contribution in [2.75, 3.05) is 16.8 Å². The first-order valence-electron chi connectivity index (χ1n) is 9.27. The number of rotatable bonds is 6. The molecule has 7 heteroatoms. The fourth-order valence-electron chi connectivity index (χ4n) is 3.17. The van der Waals surface area contributed by atoms with E-state index >= 15 is 0 Å². The number of hydrogen-bond donors (Lipinski definition) is 1. The van der Waals surface area contributed by atoms with Crippen molar-refractivity contribution in [1.82, 2.24) is 10.2 Å². The Morgan fingerprint density at radius 1 is 1.11 bits per heavy atom. The van der Waals surface area contributed by atoms with E-state index in [2.05, 4.69) is 15.5 Å². The lowest BCUT2D eigenvalue weighted by molar-refractivity contribution is -0.117. The van der Waals surface area contributed by atoms with Gasteiger partial charge < -0.3 is 14.6 Å². The summed E-state index contributed by atoms with van der Waals surface area (Å²) in [6.07, 6.45) is 2.02. The molecule has 0 bridgehead atoms. The number of aromatic nitrogens is 2. The van der Waals surface area contributed by atoms with Gasteiger partial charge in [-0.1, -0.05) is 24.3 Å². The molecule has 4 rings (SSSR count). The maximum atomic E-state index is 12.3. The number of aryl methyl sites for hydroxylation is 1. The fraction of sp³-hybridized carbons (Fsp3) is 0.238. The second-order valence-corrected chi connectivity index (χ2v) is 6.61. The summed E-state index contributed by atoms with van der Waals surface area (Å²) in [7, 11) is 0. The van der Waals surface area contributed by atoms with Crippen molar-refractivity contribution in [3.63, 3.8) is 0 Å². The number of anilines is 2. The number of carbonyl (C=O) groups excluding carboxylic acids is 2. The van der Waals surface area contributed by atoms with E-state index in [-0.39, 0.29) is 18.2 Å². The van der Waals surface area contributed by atoms with Gasteiger partial charge in [-0.25, -0.2) is 0 Å². The van der Waals surface area contributed by atoms with Gasteiger partial charge in [0.15, 0.2) is 0 Å². The van der Waals surface area contributed by atoms with Crippen LogP contribution in [0.1, 0.15) is 25.2 Å². The molecule has 2 amide bonds. The van der Waals surface area contributed by atoms with Gasteiger partial charge in [0.25, 0.3) is 0 Å². The minimum Gasteiger partial charge on any atom is -0.421 e. The Bertz CT molecular complexity index is 984. The van der Waals surface area contributed by atoms with Crippen LogP contribution in [-0.4, -0.2) is 28.6 Å². The van der Waals surface area contributed by atoms with Crippen molar-refractivity contribution in [2.24, 2.45) is 0 Å². The molecule has 0 atom stereocenters. The van der Waals surface area contributed by atoms with Crippen molar-refractivity contribution in [2.45, 2.75) is 25.7 Å². The average molecular weight is 376 g/mol. The predicted molar refractivity (Wildman–Crippen MR) is 105 cm³/mol. The molecule has 1 saturated heterocycles. The molecule has 142 valence electrons. The standard InChI is InChI=1S/C21H20N4O3/c26-18(11-12-19-23-24-21(28-19)15-6-2-1-3-7-15)22-16-8-4-9-17(14-16)25-13-5-10-20(25)27/h1-4,6-9,14H,5,10-13H2,(H,22,26).